The third-order valence-corrected chi connectivity index (χ3v) is 6.18. The van der Waals surface area contributed by atoms with E-state index in [1.807, 2.05) is 35.2 Å². The summed E-state index contributed by atoms with van der Waals surface area (Å²) < 4.78 is 20.4. The summed E-state index contributed by atoms with van der Waals surface area (Å²) >= 11 is 0. The predicted octanol–water partition coefficient (Wildman–Crippen LogP) is 5.73. The van der Waals surface area contributed by atoms with Gasteiger partial charge < -0.3 is 9.64 Å². The molecular weight excluding hydrogens is 429 g/mol. The summed E-state index contributed by atoms with van der Waals surface area (Å²) in [5.74, 6) is 0.277. The van der Waals surface area contributed by atoms with E-state index >= 15 is 0 Å². The van der Waals surface area contributed by atoms with Crippen molar-refractivity contribution in [3.63, 3.8) is 0 Å². The Labute approximate surface area is 197 Å². The Hall–Kier alpha value is -4.24. The van der Waals surface area contributed by atoms with Crippen molar-refractivity contribution in [1.82, 2.24) is 9.88 Å². The maximum absolute atomic E-state index is 13.8. The molecule has 2 atom stereocenters. The first-order valence-electron chi connectivity index (χ1n) is 11.2. The van der Waals surface area contributed by atoms with Gasteiger partial charge in [-0.2, -0.15) is 5.26 Å². The van der Waals surface area contributed by atoms with Gasteiger partial charge in [0.1, 0.15) is 17.7 Å². The van der Waals surface area contributed by atoms with E-state index in [0.29, 0.717) is 24.3 Å². The molecule has 2 heterocycles. The van der Waals surface area contributed by atoms with Gasteiger partial charge in [-0.25, -0.2) is 4.39 Å². The minimum absolute atomic E-state index is 0.0427. The van der Waals surface area contributed by atoms with Crippen LogP contribution >= 0.6 is 0 Å². The number of hydrogen-bond acceptors (Lipinski definition) is 4. The molecule has 0 unspecified atom stereocenters. The van der Waals surface area contributed by atoms with Crippen LogP contribution in [-0.4, -0.2) is 22.3 Å². The highest BCUT2D eigenvalue weighted by atomic mass is 19.1. The van der Waals surface area contributed by atoms with Gasteiger partial charge >= 0.3 is 0 Å². The van der Waals surface area contributed by atoms with Crippen molar-refractivity contribution in [3.8, 4) is 11.8 Å². The van der Waals surface area contributed by atoms with Crippen molar-refractivity contribution in [3.05, 3.63) is 108 Å². The molecule has 0 spiro atoms. The normalized spacial score (nSPS) is 15.2. The number of rotatable bonds is 6. The number of ether oxygens (including phenoxy) is 1. The Morgan fingerprint density at radius 1 is 1.00 bits per heavy atom. The van der Waals surface area contributed by atoms with Crippen LogP contribution in [0, 0.1) is 17.1 Å². The molecule has 5 rings (SSSR count). The number of nitrogens with zero attached hydrogens (tertiary/aromatic N) is 3. The summed E-state index contributed by atoms with van der Waals surface area (Å²) in [6.07, 6.45) is 2.38. The molecule has 6 heteroatoms. The zero-order valence-electron chi connectivity index (χ0n) is 18.4. The number of fused-ring (bicyclic) bond motifs is 1. The average Bonchev–Trinajstić information content (AvgIpc) is 3.30. The molecule has 1 aromatic heterocycles. The van der Waals surface area contributed by atoms with Crippen LogP contribution < -0.4 is 4.74 Å². The van der Waals surface area contributed by atoms with Crippen LogP contribution in [0.3, 0.4) is 0 Å². The summed E-state index contributed by atoms with van der Waals surface area (Å²) in [4.78, 5) is 19.3. The second-order valence-corrected chi connectivity index (χ2v) is 8.28. The number of aromatic nitrogens is 1. The lowest BCUT2D eigenvalue weighted by Gasteiger charge is -2.36. The van der Waals surface area contributed by atoms with Crippen LogP contribution in [0.5, 0.6) is 5.75 Å². The molecule has 1 saturated heterocycles. The number of likely N-dealkylation sites (tertiary alicyclic amines) is 1. The van der Waals surface area contributed by atoms with Gasteiger partial charge in [0, 0.05) is 30.1 Å². The number of hydrogen-bond donors (Lipinski definition) is 0. The predicted molar refractivity (Wildman–Crippen MR) is 126 cm³/mol. The number of carbonyl (C=O) groups is 1. The van der Waals surface area contributed by atoms with Crippen molar-refractivity contribution < 1.29 is 13.9 Å². The third kappa shape index (κ3) is 4.20. The number of para-hydroxylation sites is 1. The quantitative estimate of drug-likeness (QED) is 0.376. The zero-order valence-corrected chi connectivity index (χ0v) is 18.4. The molecule has 0 bridgehead atoms. The molecule has 1 aliphatic heterocycles. The van der Waals surface area contributed by atoms with Crippen LogP contribution in [-0.2, 0) is 4.79 Å². The number of carbonyl (C=O) groups excluding carboxylic acids is 1. The summed E-state index contributed by atoms with van der Waals surface area (Å²) in [6, 6.07) is 24.5. The fourth-order valence-corrected chi connectivity index (χ4v) is 4.56. The highest BCUT2D eigenvalue weighted by Gasteiger charge is 2.37. The Morgan fingerprint density at radius 2 is 1.76 bits per heavy atom. The number of nitriles is 1. The lowest BCUT2D eigenvalue weighted by Crippen LogP contribution is -2.36. The molecule has 0 aliphatic carbocycles. The second-order valence-electron chi connectivity index (χ2n) is 8.28. The Bertz CT molecular complexity index is 1360. The van der Waals surface area contributed by atoms with E-state index in [1.165, 1.54) is 12.1 Å². The van der Waals surface area contributed by atoms with Gasteiger partial charge in [-0.3, -0.25) is 9.78 Å². The lowest BCUT2D eigenvalue weighted by molar-refractivity contribution is -0.131. The summed E-state index contributed by atoms with van der Waals surface area (Å²) in [5.41, 5.74) is 3.02. The first kappa shape index (κ1) is 21.6. The van der Waals surface area contributed by atoms with Crippen LogP contribution in [0.15, 0.2) is 85.1 Å². The maximum atomic E-state index is 13.8. The molecule has 5 nitrogen and oxygen atoms in total. The smallest absolute Gasteiger partial charge is 0.223 e. The summed E-state index contributed by atoms with van der Waals surface area (Å²) in [7, 11) is 0. The highest BCUT2D eigenvalue weighted by molar-refractivity contribution is 5.83. The molecule has 168 valence electrons. The summed E-state index contributed by atoms with van der Waals surface area (Å²) in [5, 5.41) is 10.1. The van der Waals surface area contributed by atoms with E-state index in [2.05, 4.69) is 11.1 Å². The number of benzene rings is 3. The SMILES string of the molecule is N#Cc1ccc(O[C@@H](c2ccnc3ccccc23)[C@H](c2ccc(F)cc2)N2CCCC2=O)cc1. The molecular formula is C28H22FN3O2. The molecule has 0 radical (unpaired) electrons. The van der Waals surface area contributed by atoms with Gasteiger partial charge in [0.2, 0.25) is 5.91 Å². The van der Waals surface area contributed by atoms with E-state index in [1.54, 1.807) is 42.6 Å². The van der Waals surface area contributed by atoms with Gasteiger partial charge in [0.25, 0.3) is 0 Å². The standard InChI is InChI=1S/C28H22FN3O2/c29-21-11-9-20(10-12-21)27(32-17-3-6-26(32)33)28(34-22-13-7-19(18-30)8-14-22)24-15-16-31-25-5-2-1-4-23(24)25/h1-2,4-5,7-16,27-28H,3,6,17H2/t27-,28-/m0/s1. The van der Waals surface area contributed by atoms with E-state index in [4.69, 9.17) is 10.00 Å². The van der Waals surface area contributed by atoms with E-state index in [-0.39, 0.29) is 11.7 Å². The van der Waals surface area contributed by atoms with Crippen molar-refractivity contribution >= 4 is 16.8 Å². The van der Waals surface area contributed by atoms with Gasteiger partial charge in [-0.1, -0.05) is 30.3 Å². The van der Waals surface area contributed by atoms with Crippen molar-refractivity contribution in [2.45, 2.75) is 25.0 Å². The van der Waals surface area contributed by atoms with Crippen LogP contribution in [0.4, 0.5) is 4.39 Å². The van der Waals surface area contributed by atoms with Gasteiger partial charge in [-0.15, -0.1) is 0 Å². The molecule has 1 fully saturated rings. The van der Waals surface area contributed by atoms with Crippen LogP contribution in [0.2, 0.25) is 0 Å². The molecule has 1 amide bonds. The van der Waals surface area contributed by atoms with E-state index in [9.17, 15) is 9.18 Å². The monoisotopic (exact) mass is 451 g/mol. The average molecular weight is 452 g/mol. The van der Waals surface area contributed by atoms with E-state index < -0.39 is 12.1 Å². The number of amides is 1. The van der Waals surface area contributed by atoms with Crippen LogP contribution in [0.25, 0.3) is 10.9 Å². The number of halogens is 1. The fraction of sp³-hybridized carbons (Fsp3) is 0.179. The van der Waals surface area contributed by atoms with Crippen molar-refractivity contribution in [2.75, 3.05) is 6.54 Å². The van der Waals surface area contributed by atoms with Gasteiger partial charge in [0.15, 0.2) is 0 Å². The first-order valence-corrected chi connectivity index (χ1v) is 11.2. The number of pyridine rings is 1. The molecule has 0 N–H and O–H groups in total. The molecule has 34 heavy (non-hydrogen) atoms. The second kappa shape index (κ2) is 9.32. The van der Waals surface area contributed by atoms with Gasteiger partial charge in [0.05, 0.1) is 23.2 Å². The van der Waals surface area contributed by atoms with Crippen molar-refractivity contribution in [1.29, 1.82) is 5.26 Å². The maximum Gasteiger partial charge on any atom is 0.223 e. The largest absolute Gasteiger partial charge is 0.483 e. The van der Waals surface area contributed by atoms with Crippen LogP contribution in [0.1, 0.15) is 41.7 Å². The molecule has 1 aliphatic rings. The molecule has 3 aromatic carbocycles. The minimum Gasteiger partial charge on any atom is -0.483 e. The minimum atomic E-state index is -0.589. The lowest BCUT2D eigenvalue weighted by atomic mass is 9.92. The van der Waals surface area contributed by atoms with E-state index in [0.717, 1.165) is 28.5 Å². The van der Waals surface area contributed by atoms with Crippen molar-refractivity contribution in [2.24, 2.45) is 0 Å². The Kier molecular flexibility index (Phi) is 5.92. The summed E-state index contributed by atoms with van der Waals surface area (Å²) in [6.45, 7) is 0.594. The first-order chi connectivity index (χ1) is 16.6. The topological polar surface area (TPSA) is 66.2 Å². The molecule has 0 saturated carbocycles. The Morgan fingerprint density at radius 3 is 2.47 bits per heavy atom. The Balaban J connectivity index is 1.69. The zero-order chi connectivity index (χ0) is 23.5. The molecule has 4 aromatic rings. The highest BCUT2D eigenvalue weighted by Crippen LogP contribution is 2.41. The fourth-order valence-electron chi connectivity index (χ4n) is 4.56. The van der Waals surface area contributed by atoms with Gasteiger partial charge in [-0.05, 0) is 60.5 Å². The third-order valence-electron chi connectivity index (χ3n) is 6.18.